The largest absolute Gasteiger partial charge is 0.373 e. The van der Waals surface area contributed by atoms with Crippen molar-refractivity contribution in [3.05, 3.63) is 11.6 Å². The molecule has 3 rings (SSSR count). The Bertz CT molecular complexity index is 468. The first-order valence-corrected chi connectivity index (χ1v) is 8.68. The molecule has 4 nitrogen and oxygen atoms in total. The van der Waals surface area contributed by atoms with Crippen LogP contribution in [0, 0.1) is 17.3 Å². The third-order valence-electron chi connectivity index (χ3n) is 5.67. The summed E-state index contributed by atoms with van der Waals surface area (Å²) in [4.78, 5) is 15.0. The molecule has 2 heterocycles. The predicted octanol–water partition coefficient (Wildman–Crippen LogP) is 2.20. The van der Waals surface area contributed by atoms with Crippen molar-refractivity contribution >= 4 is 5.91 Å². The molecular formula is C18H30N2O2. The second kappa shape index (κ2) is 5.97. The van der Waals surface area contributed by atoms with Crippen LogP contribution in [0.4, 0.5) is 0 Å². The standard InChI is InChI=1S/C18H30N2O2/c1-12(2)8-15-16(18(15,3)4)17(21)19-9-14-10-20-7-5-6-13(20)11-22-14/h8,13-16H,5-7,9-11H2,1-4H3,(H,19,21)/t13-,14+,15+,16+/m0/s1. The Morgan fingerprint density at radius 1 is 1.41 bits per heavy atom. The second-order valence-corrected chi connectivity index (χ2v) is 8.06. The molecule has 0 unspecified atom stereocenters. The van der Waals surface area contributed by atoms with Gasteiger partial charge in [-0.1, -0.05) is 25.5 Å². The highest BCUT2D eigenvalue weighted by Crippen LogP contribution is 2.59. The minimum absolute atomic E-state index is 0.0921. The van der Waals surface area contributed by atoms with Crippen molar-refractivity contribution in [2.45, 2.75) is 52.7 Å². The van der Waals surface area contributed by atoms with Crippen LogP contribution in [0.25, 0.3) is 0 Å². The van der Waals surface area contributed by atoms with Crippen molar-refractivity contribution in [2.75, 3.05) is 26.2 Å². The van der Waals surface area contributed by atoms with E-state index in [9.17, 15) is 4.79 Å². The van der Waals surface area contributed by atoms with Crippen LogP contribution >= 0.6 is 0 Å². The number of rotatable bonds is 4. The maximum absolute atomic E-state index is 12.5. The van der Waals surface area contributed by atoms with E-state index in [0.717, 1.165) is 13.2 Å². The highest BCUT2D eigenvalue weighted by molar-refractivity contribution is 5.83. The first kappa shape index (κ1) is 16.0. The van der Waals surface area contributed by atoms with E-state index in [1.54, 1.807) is 0 Å². The maximum atomic E-state index is 12.5. The number of allylic oxidation sites excluding steroid dienone is 2. The molecule has 0 aromatic carbocycles. The minimum atomic E-state index is 0.0921. The van der Waals surface area contributed by atoms with E-state index in [2.05, 4.69) is 44.0 Å². The van der Waals surface area contributed by atoms with Gasteiger partial charge in [-0.2, -0.15) is 0 Å². The molecule has 0 spiro atoms. The third-order valence-corrected chi connectivity index (χ3v) is 5.67. The van der Waals surface area contributed by atoms with Gasteiger partial charge < -0.3 is 10.1 Å². The fourth-order valence-corrected chi connectivity index (χ4v) is 4.18. The number of hydrogen-bond acceptors (Lipinski definition) is 3. The van der Waals surface area contributed by atoms with Gasteiger partial charge in [-0.3, -0.25) is 9.69 Å². The van der Waals surface area contributed by atoms with Crippen LogP contribution in [0.1, 0.15) is 40.5 Å². The highest BCUT2D eigenvalue weighted by Gasteiger charge is 2.60. The Balaban J connectivity index is 1.48. The molecule has 1 saturated carbocycles. The van der Waals surface area contributed by atoms with E-state index in [-0.39, 0.29) is 23.3 Å². The lowest BCUT2D eigenvalue weighted by atomic mass is 10.1. The van der Waals surface area contributed by atoms with E-state index in [4.69, 9.17) is 4.74 Å². The number of hydrogen-bond donors (Lipinski definition) is 1. The molecule has 2 saturated heterocycles. The maximum Gasteiger partial charge on any atom is 0.224 e. The molecule has 3 fully saturated rings. The molecule has 4 atom stereocenters. The van der Waals surface area contributed by atoms with Crippen molar-refractivity contribution in [3.63, 3.8) is 0 Å². The van der Waals surface area contributed by atoms with Crippen LogP contribution in [0.3, 0.4) is 0 Å². The Labute approximate surface area is 134 Å². The first-order chi connectivity index (χ1) is 10.4. The van der Waals surface area contributed by atoms with Gasteiger partial charge >= 0.3 is 0 Å². The van der Waals surface area contributed by atoms with Gasteiger partial charge in [0.2, 0.25) is 5.91 Å². The molecule has 1 amide bonds. The van der Waals surface area contributed by atoms with Gasteiger partial charge in [-0.05, 0) is 44.6 Å². The summed E-state index contributed by atoms with van der Waals surface area (Å²) in [7, 11) is 0. The normalized spacial score (nSPS) is 36.5. The van der Waals surface area contributed by atoms with Gasteiger partial charge in [-0.15, -0.1) is 0 Å². The number of nitrogens with zero attached hydrogens (tertiary/aromatic N) is 1. The number of morpholine rings is 1. The number of carbonyl (C=O) groups is 1. The zero-order chi connectivity index (χ0) is 15.9. The fourth-order valence-electron chi connectivity index (χ4n) is 4.18. The summed E-state index contributed by atoms with van der Waals surface area (Å²) in [6.45, 7) is 12.2. The van der Waals surface area contributed by atoms with Gasteiger partial charge in [0, 0.05) is 19.1 Å². The molecule has 1 aliphatic carbocycles. The third kappa shape index (κ3) is 3.09. The Morgan fingerprint density at radius 2 is 2.18 bits per heavy atom. The molecule has 22 heavy (non-hydrogen) atoms. The molecule has 0 bridgehead atoms. The van der Waals surface area contributed by atoms with E-state index >= 15 is 0 Å². The molecule has 3 aliphatic rings. The summed E-state index contributed by atoms with van der Waals surface area (Å²) in [5.74, 6) is 0.693. The van der Waals surface area contributed by atoms with Gasteiger partial charge in [0.15, 0.2) is 0 Å². The number of fused-ring (bicyclic) bond motifs is 1. The lowest BCUT2D eigenvalue weighted by molar-refractivity contribution is -0.124. The topological polar surface area (TPSA) is 41.6 Å². The smallest absolute Gasteiger partial charge is 0.224 e. The zero-order valence-corrected chi connectivity index (χ0v) is 14.4. The number of carbonyl (C=O) groups excluding carboxylic acids is 1. The minimum Gasteiger partial charge on any atom is -0.373 e. The summed E-state index contributed by atoms with van der Waals surface area (Å²) in [6.07, 6.45) is 4.95. The van der Waals surface area contributed by atoms with E-state index in [1.165, 1.54) is 25.0 Å². The average molecular weight is 306 g/mol. The molecule has 124 valence electrons. The van der Waals surface area contributed by atoms with E-state index < -0.39 is 0 Å². The van der Waals surface area contributed by atoms with Crippen LogP contribution in [-0.4, -0.2) is 49.2 Å². The summed E-state index contributed by atoms with van der Waals surface area (Å²) >= 11 is 0. The lowest BCUT2D eigenvalue weighted by Crippen LogP contribution is -2.50. The second-order valence-electron chi connectivity index (χ2n) is 8.06. The predicted molar refractivity (Wildman–Crippen MR) is 87.5 cm³/mol. The molecule has 4 heteroatoms. The zero-order valence-electron chi connectivity index (χ0n) is 14.4. The van der Waals surface area contributed by atoms with Crippen molar-refractivity contribution in [1.82, 2.24) is 10.2 Å². The van der Waals surface area contributed by atoms with Gasteiger partial charge in [0.05, 0.1) is 18.6 Å². The van der Waals surface area contributed by atoms with Crippen LogP contribution in [0.5, 0.6) is 0 Å². The van der Waals surface area contributed by atoms with Crippen molar-refractivity contribution in [1.29, 1.82) is 0 Å². The molecule has 0 aromatic rings. The van der Waals surface area contributed by atoms with Crippen LogP contribution in [-0.2, 0) is 9.53 Å². The molecule has 0 aromatic heterocycles. The van der Waals surface area contributed by atoms with Crippen molar-refractivity contribution < 1.29 is 9.53 Å². The Hall–Kier alpha value is -0.870. The molecule has 1 N–H and O–H groups in total. The average Bonchev–Trinajstić information content (AvgIpc) is 2.83. The van der Waals surface area contributed by atoms with Crippen LogP contribution in [0.2, 0.25) is 0 Å². The quantitative estimate of drug-likeness (QED) is 0.810. The highest BCUT2D eigenvalue weighted by atomic mass is 16.5. The molecule has 2 aliphatic heterocycles. The van der Waals surface area contributed by atoms with Crippen LogP contribution in [0.15, 0.2) is 11.6 Å². The van der Waals surface area contributed by atoms with Gasteiger partial charge in [-0.25, -0.2) is 0 Å². The monoisotopic (exact) mass is 306 g/mol. The summed E-state index contributed by atoms with van der Waals surface area (Å²) < 4.78 is 5.92. The molecular weight excluding hydrogens is 276 g/mol. The number of ether oxygens (including phenoxy) is 1. The number of nitrogens with one attached hydrogen (secondary N) is 1. The summed E-state index contributed by atoms with van der Waals surface area (Å²) in [6, 6.07) is 0.622. The van der Waals surface area contributed by atoms with Crippen molar-refractivity contribution in [2.24, 2.45) is 17.3 Å². The van der Waals surface area contributed by atoms with Gasteiger partial charge in [0.1, 0.15) is 0 Å². The molecule has 0 radical (unpaired) electrons. The number of amides is 1. The fraction of sp³-hybridized carbons (Fsp3) is 0.833. The van der Waals surface area contributed by atoms with Crippen LogP contribution < -0.4 is 5.32 Å². The lowest BCUT2D eigenvalue weighted by Gasteiger charge is -2.35. The van der Waals surface area contributed by atoms with Crippen molar-refractivity contribution in [3.8, 4) is 0 Å². The summed E-state index contributed by atoms with van der Waals surface area (Å²) in [5.41, 5.74) is 1.39. The van der Waals surface area contributed by atoms with Gasteiger partial charge in [0.25, 0.3) is 0 Å². The van der Waals surface area contributed by atoms with E-state index in [0.29, 0.717) is 18.5 Å². The van der Waals surface area contributed by atoms with E-state index in [1.807, 2.05) is 0 Å². The SMILES string of the molecule is CC(C)=C[C@@H]1[C@H](C(=O)NC[C@@H]2CN3CCC[C@H]3CO2)C1(C)C. The Kier molecular flexibility index (Phi) is 4.34. The Morgan fingerprint density at radius 3 is 2.91 bits per heavy atom. The summed E-state index contributed by atoms with van der Waals surface area (Å²) in [5, 5.41) is 3.13. The first-order valence-electron chi connectivity index (χ1n) is 8.68.